The minimum absolute atomic E-state index is 0.0278. The van der Waals surface area contributed by atoms with Crippen LogP contribution in [0.4, 0.5) is 0 Å². The SMILES string of the molecule is NC(=S)C1(NS(=O)(=O)c2cnc[nH]2)CCCC1. The first kappa shape index (κ1) is 12.5. The second kappa shape index (κ2) is 4.35. The van der Waals surface area contributed by atoms with Crippen molar-refractivity contribution in [2.24, 2.45) is 5.73 Å². The van der Waals surface area contributed by atoms with Crippen LogP contribution in [0.1, 0.15) is 25.7 Å². The lowest BCUT2D eigenvalue weighted by atomic mass is 10.00. The van der Waals surface area contributed by atoms with Gasteiger partial charge < -0.3 is 10.7 Å². The number of aromatic nitrogens is 2. The largest absolute Gasteiger partial charge is 0.392 e. The normalized spacial score (nSPS) is 19.3. The third-order valence-electron chi connectivity index (χ3n) is 3.02. The summed E-state index contributed by atoms with van der Waals surface area (Å²) in [4.78, 5) is 6.46. The van der Waals surface area contributed by atoms with Gasteiger partial charge in [0.05, 0.1) is 23.1 Å². The van der Waals surface area contributed by atoms with E-state index < -0.39 is 15.6 Å². The van der Waals surface area contributed by atoms with Crippen molar-refractivity contribution in [1.82, 2.24) is 14.7 Å². The van der Waals surface area contributed by atoms with Gasteiger partial charge in [-0.15, -0.1) is 0 Å². The molecule has 1 aromatic heterocycles. The third-order valence-corrected chi connectivity index (χ3v) is 4.87. The average molecular weight is 274 g/mol. The van der Waals surface area contributed by atoms with E-state index in [0.717, 1.165) is 12.8 Å². The highest BCUT2D eigenvalue weighted by atomic mass is 32.2. The van der Waals surface area contributed by atoms with E-state index in [9.17, 15) is 8.42 Å². The van der Waals surface area contributed by atoms with Gasteiger partial charge in [-0.3, -0.25) is 0 Å². The average Bonchev–Trinajstić information content (AvgIpc) is 2.86. The minimum atomic E-state index is -3.64. The number of nitrogens with zero attached hydrogens (tertiary/aromatic N) is 1. The van der Waals surface area contributed by atoms with Gasteiger partial charge in [-0.25, -0.2) is 13.4 Å². The smallest absolute Gasteiger partial charge is 0.258 e. The summed E-state index contributed by atoms with van der Waals surface area (Å²) in [6, 6.07) is 0. The fraction of sp³-hybridized carbons (Fsp3) is 0.556. The zero-order valence-corrected chi connectivity index (χ0v) is 10.8. The molecule has 2 rings (SSSR count). The molecule has 0 unspecified atom stereocenters. The second-order valence-corrected chi connectivity index (χ2v) is 6.27. The quantitative estimate of drug-likeness (QED) is 0.685. The van der Waals surface area contributed by atoms with E-state index in [1.807, 2.05) is 0 Å². The van der Waals surface area contributed by atoms with Crippen LogP contribution >= 0.6 is 12.2 Å². The van der Waals surface area contributed by atoms with Crippen LogP contribution in [0, 0.1) is 0 Å². The summed E-state index contributed by atoms with van der Waals surface area (Å²) < 4.78 is 26.7. The number of sulfonamides is 1. The van der Waals surface area contributed by atoms with Crippen molar-refractivity contribution in [1.29, 1.82) is 0 Å². The zero-order chi connectivity index (χ0) is 12.5. The van der Waals surface area contributed by atoms with Crippen molar-refractivity contribution in [3.63, 3.8) is 0 Å². The summed E-state index contributed by atoms with van der Waals surface area (Å²) in [7, 11) is -3.64. The van der Waals surface area contributed by atoms with Gasteiger partial charge in [-0.2, -0.15) is 4.72 Å². The number of imidazole rings is 1. The number of hydrogen-bond donors (Lipinski definition) is 3. The Labute approximate surface area is 105 Å². The predicted molar refractivity (Wildman–Crippen MR) is 66.9 cm³/mol. The lowest BCUT2D eigenvalue weighted by Crippen LogP contribution is -2.54. The monoisotopic (exact) mass is 274 g/mol. The van der Waals surface area contributed by atoms with Gasteiger partial charge in [0, 0.05) is 0 Å². The first-order valence-electron chi connectivity index (χ1n) is 5.29. The van der Waals surface area contributed by atoms with Gasteiger partial charge in [-0.05, 0) is 12.8 Å². The number of nitrogens with two attached hydrogens (primary N) is 1. The highest BCUT2D eigenvalue weighted by Gasteiger charge is 2.40. The predicted octanol–water partition coefficient (Wildman–Crippen LogP) is 0.287. The molecular formula is C9H14N4O2S2. The molecular weight excluding hydrogens is 260 g/mol. The van der Waals surface area contributed by atoms with Crippen LogP contribution in [0.3, 0.4) is 0 Å². The number of H-pyrrole nitrogens is 1. The molecule has 0 saturated heterocycles. The lowest BCUT2D eigenvalue weighted by molar-refractivity contribution is 0.501. The molecule has 0 amide bonds. The fourth-order valence-corrected chi connectivity index (χ4v) is 3.75. The number of hydrogen-bond acceptors (Lipinski definition) is 4. The van der Waals surface area contributed by atoms with E-state index in [0.29, 0.717) is 12.8 Å². The molecule has 0 atom stereocenters. The molecule has 94 valence electrons. The Morgan fingerprint density at radius 3 is 2.65 bits per heavy atom. The molecule has 1 aliphatic rings. The Morgan fingerprint density at radius 1 is 1.53 bits per heavy atom. The molecule has 1 aliphatic carbocycles. The van der Waals surface area contributed by atoms with Crippen molar-refractivity contribution in [2.45, 2.75) is 36.2 Å². The molecule has 8 heteroatoms. The molecule has 0 radical (unpaired) electrons. The van der Waals surface area contributed by atoms with Crippen LogP contribution in [-0.2, 0) is 10.0 Å². The van der Waals surface area contributed by atoms with E-state index in [1.54, 1.807) is 0 Å². The Bertz CT molecular complexity index is 503. The minimum Gasteiger partial charge on any atom is -0.392 e. The molecule has 1 aromatic rings. The third kappa shape index (κ3) is 2.33. The summed E-state index contributed by atoms with van der Waals surface area (Å²) in [6.07, 6.45) is 5.71. The van der Waals surface area contributed by atoms with Crippen LogP contribution in [0.2, 0.25) is 0 Å². The highest BCUT2D eigenvalue weighted by Crippen LogP contribution is 2.31. The summed E-state index contributed by atoms with van der Waals surface area (Å²) in [5.74, 6) is 0. The Balaban J connectivity index is 2.28. The molecule has 0 aliphatic heterocycles. The van der Waals surface area contributed by atoms with E-state index in [4.69, 9.17) is 18.0 Å². The zero-order valence-electron chi connectivity index (χ0n) is 9.14. The number of rotatable bonds is 4. The van der Waals surface area contributed by atoms with E-state index in [2.05, 4.69) is 14.7 Å². The van der Waals surface area contributed by atoms with E-state index in [1.165, 1.54) is 12.5 Å². The molecule has 1 heterocycles. The van der Waals surface area contributed by atoms with Crippen LogP contribution in [0.15, 0.2) is 17.6 Å². The van der Waals surface area contributed by atoms with Crippen molar-refractivity contribution in [3.05, 3.63) is 12.5 Å². The van der Waals surface area contributed by atoms with Crippen molar-refractivity contribution >= 4 is 27.2 Å². The maximum Gasteiger partial charge on any atom is 0.258 e. The van der Waals surface area contributed by atoms with Gasteiger partial charge in [0.15, 0.2) is 5.03 Å². The first-order chi connectivity index (χ1) is 7.96. The standard InChI is InChI=1S/C9H14N4O2S2/c10-8(16)9(3-1-2-4-9)13-17(14,15)7-5-11-6-12-7/h5-6,13H,1-4H2,(H2,10,16)(H,11,12). The molecule has 1 fully saturated rings. The Hall–Kier alpha value is -0.990. The van der Waals surface area contributed by atoms with Gasteiger partial charge >= 0.3 is 0 Å². The second-order valence-electron chi connectivity index (χ2n) is 4.17. The van der Waals surface area contributed by atoms with Gasteiger partial charge in [0.1, 0.15) is 0 Å². The molecule has 0 spiro atoms. The van der Waals surface area contributed by atoms with E-state index in [-0.39, 0.29) is 10.0 Å². The maximum atomic E-state index is 12.1. The fourth-order valence-electron chi connectivity index (χ4n) is 2.08. The molecule has 6 nitrogen and oxygen atoms in total. The summed E-state index contributed by atoms with van der Waals surface area (Å²) in [5.41, 5.74) is 4.89. The molecule has 0 aromatic carbocycles. The summed E-state index contributed by atoms with van der Waals surface area (Å²) in [5, 5.41) is 0.0278. The van der Waals surface area contributed by atoms with Crippen molar-refractivity contribution < 1.29 is 8.42 Å². The van der Waals surface area contributed by atoms with Crippen LogP contribution in [0.25, 0.3) is 0 Å². The van der Waals surface area contributed by atoms with Crippen molar-refractivity contribution in [3.8, 4) is 0 Å². The van der Waals surface area contributed by atoms with Crippen molar-refractivity contribution in [2.75, 3.05) is 0 Å². The molecule has 0 bridgehead atoms. The Kier molecular flexibility index (Phi) is 3.19. The van der Waals surface area contributed by atoms with Crippen LogP contribution in [-0.4, -0.2) is 28.9 Å². The van der Waals surface area contributed by atoms with Crippen LogP contribution < -0.4 is 10.5 Å². The number of aromatic amines is 1. The number of nitrogens with one attached hydrogen (secondary N) is 2. The van der Waals surface area contributed by atoms with Gasteiger partial charge in [-0.1, -0.05) is 25.1 Å². The molecule has 17 heavy (non-hydrogen) atoms. The highest BCUT2D eigenvalue weighted by molar-refractivity contribution is 7.89. The summed E-state index contributed by atoms with van der Waals surface area (Å²) >= 11 is 4.99. The topological polar surface area (TPSA) is 101 Å². The lowest BCUT2D eigenvalue weighted by Gasteiger charge is -2.28. The van der Waals surface area contributed by atoms with Crippen LogP contribution in [0.5, 0.6) is 0 Å². The van der Waals surface area contributed by atoms with Gasteiger partial charge in [0.2, 0.25) is 0 Å². The molecule has 1 saturated carbocycles. The maximum absolute atomic E-state index is 12.1. The van der Waals surface area contributed by atoms with E-state index >= 15 is 0 Å². The van der Waals surface area contributed by atoms with Gasteiger partial charge in [0.25, 0.3) is 10.0 Å². The molecule has 4 N–H and O–H groups in total. The Morgan fingerprint density at radius 2 is 2.18 bits per heavy atom. The number of thiocarbonyl (C=S) groups is 1. The summed E-state index contributed by atoms with van der Waals surface area (Å²) in [6.45, 7) is 0. The first-order valence-corrected chi connectivity index (χ1v) is 7.18.